The first-order valence-electron chi connectivity index (χ1n) is 3.67. The molecule has 1 rings (SSSR count). The van der Waals surface area contributed by atoms with Gasteiger partial charge in [-0.15, -0.1) is 0 Å². The van der Waals surface area contributed by atoms with E-state index in [2.05, 4.69) is 6.92 Å². The molecular formula is C7H14O3. The van der Waals surface area contributed by atoms with Gasteiger partial charge >= 0.3 is 0 Å². The minimum Gasteiger partial charge on any atom is -0.394 e. The number of ether oxygens (including phenoxy) is 2. The van der Waals surface area contributed by atoms with Crippen LogP contribution in [0, 0.1) is 5.92 Å². The lowest BCUT2D eigenvalue weighted by molar-refractivity contribution is -0.117. The van der Waals surface area contributed by atoms with Gasteiger partial charge in [0, 0.05) is 6.42 Å². The summed E-state index contributed by atoms with van der Waals surface area (Å²) in [6, 6.07) is 0. The molecule has 1 heterocycles. The summed E-state index contributed by atoms with van der Waals surface area (Å²) in [7, 11) is 0. The molecule has 1 unspecified atom stereocenters. The van der Waals surface area contributed by atoms with Gasteiger partial charge in [0.05, 0.1) is 19.8 Å². The molecule has 0 bridgehead atoms. The second kappa shape index (κ2) is 3.91. The number of aliphatic hydroxyl groups is 1. The summed E-state index contributed by atoms with van der Waals surface area (Å²) in [6.45, 7) is 3.38. The Morgan fingerprint density at radius 1 is 1.70 bits per heavy atom. The highest BCUT2D eigenvalue weighted by atomic mass is 16.7. The van der Waals surface area contributed by atoms with Crippen LogP contribution in [-0.4, -0.2) is 31.2 Å². The molecular weight excluding hydrogens is 132 g/mol. The van der Waals surface area contributed by atoms with Gasteiger partial charge in [0.2, 0.25) is 0 Å². The summed E-state index contributed by atoms with van der Waals surface area (Å²) < 4.78 is 10.4. The van der Waals surface area contributed by atoms with Crippen LogP contribution in [-0.2, 0) is 9.47 Å². The molecule has 1 N–H and O–H groups in total. The summed E-state index contributed by atoms with van der Waals surface area (Å²) in [6.07, 6.45) is 0.891. The molecule has 1 fully saturated rings. The van der Waals surface area contributed by atoms with Crippen molar-refractivity contribution in [3.05, 3.63) is 0 Å². The lowest BCUT2D eigenvalue weighted by Crippen LogP contribution is -2.13. The second-order valence-electron chi connectivity index (χ2n) is 2.70. The molecule has 3 nitrogen and oxygen atoms in total. The van der Waals surface area contributed by atoms with Crippen LogP contribution in [0.15, 0.2) is 0 Å². The van der Waals surface area contributed by atoms with Gasteiger partial charge < -0.3 is 14.6 Å². The Bertz CT molecular complexity index is 94.9. The van der Waals surface area contributed by atoms with Crippen LogP contribution in [0.1, 0.15) is 13.3 Å². The first-order valence-corrected chi connectivity index (χ1v) is 3.67. The second-order valence-corrected chi connectivity index (χ2v) is 2.70. The van der Waals surface area contributed by atoms with Crippen LogP contribution in [0.25, 0.3) is 0 Å². The standard InChI is InChI=1S/C7H14O3/c1-6-4-7(10-5-6)9-3-2-8/h6-8H,2-5H2,1H3/t6-,7?/m1/s1. The van der Waals surface area contributed by atoms with E-state index in [0.29, 0.717) is 12.5 Å². The smallest absolute Gasteiger partial charge is 0.158 e. The molecule has 0 spiro atoms. The Morgan fingerprint density at radius 3 is 3.00 bits per heavy atom. The third kappa shape index (κ3) is 2.25. The summed E-state index contributed by atoms with van der Waals surface area (Å²) in [5, 5.41) is 8.41. The first kappa shape index (κ1) is 7.98. The summed E-state index contributed by atoms with van der Waals surface area (Å²) in [4.78, 5) is 0. The topological polar surface area (TPSA) is 38.7 Å². The van der Waals surface area contributed by atoms with Crippen molar-refractivity contribution in [1.82, 2.24) is 0 Å². The average molecular weight is 146 g/mol. The highest BCUT2D eigenvalue weighted by Gasteiger charge is 2.21. The van der Waals surface area contributed by atoms with Crippen molar-refractivity contribution in [1.29, 1.82) is 0 Å². The van der Waals surface area contributed by atoms with E-state index >= 15 is 0 Å². The Morgan fingerprint density at radius 2 is 2.50 bits per heavy atom. The van der Waals surface area contributed by atoms with Crippen LogP contribution >= 0.6 is 0 Å². The monoisotopic (exact) mass is 146 g/mol. The van der Waals surface area contributed by atoms with Gasteiger partial charge in [0.1, 0.15) is 0 Å². The molecule has 0 radical (unpaired) electrons. The molecule has 0 aromatic carbocycles. The predicted octanol–water partition coefficient (Wildman–Crippen LogP) is 0.378. The first-order chi connectivity index (χ1) is 4.83. The zero-order valence-corrected chi connectivity index (χ0v) is 6.25. The number of rotatable bonds is 3. The third-order valence-corrected chi connectivity index (χ3v) is 1.56. The van der Waals surface area contributed by atoms with E-state index in [1.165, 1.54) is 0 Å². The highest BCUT2D eigenvalue weighted by Crippen LogP contribution is 2.18. The van der Waals surface area contributed by atoms with Gasteiger partial charge in [0.25, 0.3) is 0 Å². The molecule has 0 aromatic rings. The maximum atomic E-state index is 8.41. The zero-order chi connectivity index (χ0) is 7.40. The third-order valence-electron chi connectivity index (χ3n) is 1.56. The van der Waals surface area contributed by atoms with E-state index in [0.717, 1.165) is 13.0 Å². The van der Waals surface area contributed by atoms with Crippen molar-refractivity contribution in [3.8, 4) is 0 Å². The normalized spacial score (nSPS) is 33.0. The lowest BCUT2D eigenvalue weighted by atomic mass is 10.1. The number of aliphatic hydroxyl groups excluding tert-OH is 1. The molecule has 0 aliphatic carbocycles. The number of hydrogen-bond donors (Lipinski definition) is 1. The van der Waals surface area contributed by atoms with Crippen LogP contribution < -0.4 is 0 Å². The molecule has 60 valence electrons. The van der Waals surface area contributed by atoms with Gasteiger partial charge in [-0.1, -0.05) is 6.92 Å². The predicted molar refractivity (Wildman–Crippen MR) is 36.6 cm³/mol. The summed E-state index contributed by atoms with van der Waals surface area (Å²) in [5.74, 6) is 0.601. The maximum absolute atomic E-state index is 8.41. The molecule has 0 amide bonds. The van der Waals surface area contributed by atoms with Crippen LogP contribution in [0.5, 0.6) is 0 Å². The fourth-order valence-corrected chi connectivity index (χ4v) is 1.04. The minimum atomic E-state index is -0.0675. The van der Waals surface area contributed by atoms with Crippen molar-refractivity contribution in [2.45, 2.75) is 19.6 Å². The Kier molecular flexibility index (Phi) is 3.12. The Balaban J connectivity index is 2.06. The molecule has 3 heteroatoms. The van der Waals surface area contributed by atoms with Crippen molar-refractivity contribution < 1.29 is 14.6 Å². The van der Waals surface area contributed by atoms with E-state index in [9.17, 15) is 0 Å². The maximum Gasteiger partial charge on any atom is 0.158 e. The SMILES string of the molecule is C[C@H]1COC(OCCO)C1. The minimum absolute atomic E-state index is 0.0675. The van der Waals surface area contributed by atoms with Crippen molar-refractivity contribution in [2.75, 3.05) is 19.8 Å². The number of hydrogen-bond acceptors (Lipinski definition) is 3. The molecule has 0 saturated carbocycles. The van der Waals surface area contributed by atoms with Crippen molar-refractivity contribution >= 4 is 0 Å². The van der Waals surface area contributed by atoms with Crippen molar-refractivity contribution in [3.63, 3.8) is 0 Å². The van der Waals surface area contributed by atoms with Gasteiger partial charge in [-0.25, -0.2) is 0 Å². The van der Waals surface area contributed by atoms with Gasteiger partial charge in [-0.2, -0.15) is 0 Å². The van der Waals surface area contributed by atoms with Crippen LogP contribution in [0.2, 0.25) is 0 Å². The van der Waals surface area contributed by atoms with E-state index in [4.69, 9.17) is 14.6 Å². The van der Waals surface area contributed by atoms with Gasteiger partial charge in [-0.3, -0.25) is 0 Å². The molecule has 10 heavy (non-hydrogen) atoms. The van der Waals surface area contributed by atoms with Gasteiger partial charge in [0.15, 0.2) is 6.29 Å². The average Bonchev–Trinajstić information content (AvgIpc) is 2.31. The fraction of sp³-hybridized carbons (Fsp3) is 1.00. The molecule has 1 aliphatic heterocycles. The van der Waals surface area contributed by atoms with Crippen LogP contribution in [0.4, 0.5) is 0 Å². The Hall–Kier alpha value is -0.120. The largest absolute Gasteiger partial charge is 0.394 e. The summed E-state index contributed by atoms with van der Waals surface area (Å²) in [5.41, 5.74) is 0. The van der Waals surface area contributed by atoms with E-state index in [1.807, 2.05) is 0 Å². The Labute approximate surface area is 60.9 Å². The van der Waals surface area contributed by atoms with E-state index < -0.39 is 0 Å². The molecule has 0 aromatic heterocycles. The molecule has 1 saturated heterocycles. The quantitative estimate of drug-likeness (QED) is 0.625. The highest BCUT2D eigenvalue weighted by molar-refractivity contribution is 4.62. The van der Waals surface area contributed by atoms with Gasteiger partial charge in [-0.05, 0) is 5.92 Å². The summed E-state index contributed by atoms with van der Waals surface area (Å²) >= 11 is 0. The van der Waals surface area contributed by atoms with E-state index in [1.54, 1.807) is 0 Å². The fourth-order valence-electron chi connectivity index (χ4n) is 1.04. The molecule has 1 aliphatic rings. The molecule has 2 atom stereocenters. The zero-order valence-electron chi connectivity index (χ0n) is 6.25. The lowest BCUT2D eigenvalue weighted by Gasteiger charge is -2.08. The van der Waals surface area contributed by atoms with Crippen LogP contribution in [0.3, 0.4) is 0 Å². The van der Waals surface area contributed by atoms with Crippen molar-refractivity contribution in [2.24, 2.45) is 5.92 Å². The van der Waals surface area contributed by atoms with E-state index in [-0.39, 0.29) is 12.9 Å².